The Morgan fingerprint density at radius 1 is 0.682 bits per heavy atom. The van der Waals surface area contributed by atoms with Crippen LogP contribution >= 0.6 is 63.7 Å². The van der Waals surface area contributed by atoms with Gasteiger partial charge in [0, 0.05) is 11.5 Å². The second kappa shape index (κ2) is 17.0. The zero-order valence-electron chi connectivity index (χ0n) is 15.0. The fourth-order valence-electron chi connectivity index (χ4n) is 1.57. The maximum atomic E-state index is 2.47. The molecule has 0 aromatic heterocycles. The molecule has 0 bridgehead atoms. The lowest BCUT2D eigenvalue weighted by molar-refractivity contribution is 0.635. The third-order valence-corrected chi connectivity index (χ3v) is 21.7. The van der Waals surface area contributed by atoms with Gasteiger partial charge in [0.15, 0.2) is 0 Å². The largest absolute Gasteiger partial charge is 0.193 e. The maximum absolute atomic E-state index is 2.47. The Labute approximate surface area is 167 Å². The van der Waals surface area contributed by atoms with Crippen molar-refractivity contribution in [1.82, 2.24) is 0 Å². The van der Waals surface area contributed by atoms with Crippen LogP contribution in [0.25, 0.3) is 0 Å². The summed E-state index contributed by atoms with van der Waals surface area (Å²) >= 11 is 4.44. The smallest absolute Gasteiger partial charge is 0.0885 e. The molecular formula is C14H34S6Si2. The van der Waals surface area contributed by atoms with Crippen molar-refractivity contribution >= 4 is 81.0 Å². The molecule has 4 atom stereocenters. The molecule has 0 heterocycles. The van der Waals surface area contributed by atoms with Gasteiger partial charge in [-0.3, -0.25) is 0 Å². The number of rotatable bonds is 15. The van der Waals surface area contributed by atoms with Gasteiger partial charge in [0.25, 0.3) is 0 Å². The van der Waals surface area contributed by atoms with E-state index in [9.17, 15) is 0 Å². The second-order valence-corrected chi connectivity index (χ2v) is 21.7. The van der Waals surface area contributed by atoms with Crippen molar-refractivity contribution in [3.8, 4) is 0 Å². The van der Waals surface area contributed by atoms with Crippen LogP contribution in [0, 0.1) is 11.8 Å². The van der Waals surface area contributed by atoms with Gasteiger partial charge in [0.1, 0.15) is 0 Å². The Morgan fingerprint density at radius 2 is 1.05 bits per heavy atom. The summed E-state index contributed by atoms with van der Waals surface area (Å²) in [6.45, 7) is 14.4. The van der Waals surface area contributed by atoms with E-state index in [0.717, 1.165) is 22.9 Å². The van der Waals surface area contributed by atoms with Crippen molar-refractivity contribution in [1.29, 1.82) is 0 Å². The molecule has 4 unspecified atom stereocenters. The molecular weight excluding hydrogens is 417 g/mol. The first-order valence-corrected chi connectivity index (χ1v) is 20.8. The topological polar surface area (TPSA) is 0 Å². The van der Waals surface area contributed by atoms with E-state index in [1.165, 1.54) is 23.0 Å². The summed E-state index contributed by atoms with van der Waals surface area (Å²) in [4.78, 5) is 0. The molecule has 0 N–H and O–H groups in total. The van der Waals surface area contributed by atoms with Crippen LogP contribution in [0.15, 0.2) is 0 Å². The minimum Gasteiger partial charge on any atom is -0.193 e. The molecule has 0 fully saturated rings. The monoisotopic (exact) mass is 450 g/mol. The molecule has 0 aliphatic rings. The van der Waals surface area contributed by atoms with E-state index >= 15 is 0 Å². The molecule has 0 amide bonds. The van der Waals surface area contributed by atoms with Crippen molar-refractivity contribution in [2.75, 3.05) is 23.0 Å². The number of hydrogen-bond donors (Lipinski definition) is 0. The highest BCUT2D eigenvalue weighted by molar-refractivity contribution is 9.26. The van der Waals surface area contributed by atoms with Gasteiger partial charge < -0.3 is 0 Å². The van der Waals surface area contributed by atoms with Crippen molar-refractivity contribution in [2.24, 2.45) is 11.8 Å². The van der Waals surface area contributed by atoms with Crippen LogP contribution in [0.4, 0.5) is 0 Å². The molecule has 0 aliphatic heterocycles. The van der Waals surface area contributed by atoms with E-state index in [1.807, 2.05) is 19.7 Å². The molecule has 0 spiro atoms. The van der Waals surface area contributed by atoms with Crippen LogP contribution in [-0.4, -0.2) is 40.3 Å². The summed E-state index contributed by atoms with van der Waals surface area (Å²) in [7, 11) is 8.36. The van der Waals surface area contributed by atoms with Crippen LogP contribution < -0.4 is 0 Å². The van der Waals surface area contributed by atoms with Gasteiger partial charge in [0.05, 0.1) is 17.3 Å². The molecule has 134 valence electrons. The van der Waals surface area contributed by atoms with Gasteiger partial charge in [-0.2, -0.15) is 22.4 Å². The normalized spacial score (nSPS) is 18.3. The third kappa shape index (κ3) is 13.8. The molecule has 0 rings (SSSR count). The van der Waals surface area contributed by atoms with Crippen LogP contribution in [-0.2, 0) is 0 Å². The molecule has 0 aromatic carbocycles. The Bertz CT molecular complexity index is 223. The minimum absolute atomic E-state index is 0.101. The van der Waals surface area contributed by atoms with Crippen molar-refractivity contribution in [3.05, 3.63) is 0 Å². The fraction of sp³-hybridized carbons (Fsp3) is 1.00. The van der Waals surface area contributed by atoms with E-state index < -0.39 is 0 Å². The van der Waals surface area contributed by atoms with Gasteiger partial charge in [-0.25, -0.2) is 0 Å². The first-order chi connectivity index (χ1) is 10.5. The molecule has 0 saturated carbocycles. The van der Waals surface area contributed by atoms with Crippen molar-refractivity contribution in [3.63, 3.8) is 0 Å². The van der Waals surface area contributed by atoms with Gasteiger partial charge in [-0.15, -0.1) is 0 Å². The fourth-order valence-corrected chi connectivity index (χ4v) is 16.8. The molecule has 0 saturated heterocycles. The predicted octanol–water partition coefficient (Wildman–Crippen LogP) is 6.23. The lowest BCUT2D eigenvalue weighted by Crippen LogP contribution is -2.10. The quantitative estimate of drug-likeness (QED) is 0.164. The second-order valence-electron chi connectivity index (χ2n) is 5.93. The Hall–Kier alpha value is 2.53. The van der Waals surface area contributed by atoms with Gasteiger partial charge in [0.2, 0.25) is 0 Å². The lowest BCUT2D eigenvalue weighted by atomic mass is 10.1. The molecule has 0 radical (unpaired) electrons. The van der Waals surface area contributed by atoms with Gasteiger partial charge in [-0.1, -0.05) is 63.1 Å². The van der Waals surface area contributed by atoms with Crippen molar-refractivity contribution < 1.29 is 0 Å². The van der Waals surface area contributed by atoms with E-state index in [2.05, 4.69) is 85.6 Å². The standard InChI is InChI=1S/C14H34S6Si2/c1-7-17-21-13(5)11(3)9-15-19-20-16-10-12(4)14(6)22-18-8-2/h11-14H,7-10,21-22H2,1-6H3. The van der Waals surface area contributed by atoms with Gasteiger partial charge >= 0.3 is 0 Å². The molecule has 8 heteroatoms. The summed E-state index contributed by atoms with van der Waals surface area (Å²) in [6, 6.07) is 0. The molecule has 0 nitrogen and oxygen atoms in total. The summed E-state index contributed by atoms with van der Waals surface area (Å²) in [6.07, 6.45) is 0. The third-order valence-electron chi connectivity index (χ3n) is 3.90. The highest BCUT2D eigenvalue weighted by atomic mass is 33.7. The zero-order valence-corrected chi connectivity index (χ0v) is 22.7. The van der Waals surface area contributed by atoms with E-state index in [0.29, 0.717) is 0 Å². The first-order valence-electron chi connectivity index (χ1n) is 8.26. The minimum atomic E-state index is 0.101. The Kier molecular flexibility index (Phi) is 18.9. The summed E-state index contributed by atoms with van der Waals surface area (Å²) in [5.41, 5.74) is 1.97. The SMILES string of the molecule is CCS[SiH2]C(C)C(C)CSSSSCC(C)C(C)[SiH2]SCC. The summed E-state index contributed by atoms with van der Waals surface area (Å²) in [5.74, 6) is 7.06. The van der Waals surface area contributed by atoms with E-state index in [1.54, 1.807) is 0 Å². The van der Waals surface area contributed by atoms with E-state index in [4.69, 9.17) is 0 Å². The summed E-state index contributed by atoms with van der Waals surface area (Å²) < 4.78 is 0. The molecule has 0 aliphatic carbocycles. The molecule has 0 aromatic rings. The zero-order chi connectivity index (χ0) is 16.8. The first kappa shape index (κ1) is 24.5. The van der Waals surface area contributed by atoms with Crippen LogP contribution in [0.2, 0.25) is 11.1 Å². The highest BCUT2D eigenvalue weighted by Gasteiger charge is 2.14. The highest BCUT2D eigenvalue weighted by Crippen LogP contribution is 2.45. The van der Waals surface area contributed by atoms with E-state index in [-0.39, 0.29) is 17.3 Å². The maximum Gasteiger partial charge on any atom is 0.0885 e. The van der Waals surface area contributed by atoms with Crippen LogP contribution in [0.1, 0.15) is 41.5 Å². The average Bonchev–Trinajstić information content (AvgIpc) is 2.52. The predicted molar refractivity (Wildman–Crippen MR) is 131 cm³/mol. The molecule has 22 heavy (non-hydrogen) atoms. The van der Waals surface area contributed by atoms with Crippen molar-refractivity contribution in [2.45, 2.75) is 52.6 Å². The van der Waals surface area contributed by atoms with Crippen LogP contribution in [0.3, 0.4) is 0 Å². The Balaban J connectivity index is 3.52. The van der Waals surface area contributed by atoms with Gasteiger partial charge in [-0.05, 0) is 54.1 Å². The van der Waals surface area contributed by atoms with Crippen LogP contribution in [0.5, 0.6) is 0 Å². The Morgan fingerprint density at radius 3 is 1.36 bits per heavy atom. The lowest BCUT2D eigenvalue weighted by Gasteiger charge is -2.19. The summed E-state index contributed by atoms with van der Waals surface area (Å²) in [5, 5.41) is 0. The number of hydrogen-bond acceptors (Lipinski definition) is 6. The average molecular weight is 451 g/mol.